The Morgan fingerprint density at radius 3 is 2.20 bits per heavy atom. The second kappa shape index (κ2) is 1.34. The molecule has 2 aliphatic carbocycles. The maximum absolute atomic E-state index is 2.48. The number of allylic oxidation sites excluding steroid dienone is 2. The summed E-state index contributed by atoms with van der Waals surface area (Å²) < 4.78 is 0. The van der Waals surface area contributed by atoms with Gasteiger partial charge in [-0.25, -0.2) is 0 Å². The molecule has 0 amide bonds. The van der Waals surface area contributed by atoms with Crippen LogP contribution in [0.4, 0.5) is 0 Å². The Bertz CT molecular complexity index is 204. The molecule has 1 atom stereocenters. The van der Waals surface area contributed by atoms with E-state index < -0.39 is 0 Å². The predicted molar refractivity (Wildman–Crippen MR) is 43.8 cm³/mol. The molecule has 0 aromatic rings. The molecule has 0 nitrogen and oxygen atoms in total. The summed E-state index contributed by atoms with van der Waals surface area (Å²) in [6, 6.07) is 0. The van der Waals surface area contributed by atoms with Gasteiger partial charge in [-0.2, -0.15) is 0 Å². The van der Waals surface area contributed by atoms with E-state index in [0.29, 0.717) is 10.8 Å². The molecule has 0 spiro atoms. The van der Waals surface area contributed by atoms with Gasteiger partial charge in [-0.05, 0) is 23.2 Å². The van der Waals surface area contributed by atoms with Gasteiger partial charge in [0.1, 0.15) is 0 Å². The SMILES string of the molecule is CC1(C)C=C2C(C1)C2(C)C. The third-order valence-electron chi connectivity index (χ3n) is 3.18. The lowest BCUT2D eigenvalue weighted by Crippen LogP contribution is -2.09. The molecule has 0 aromatic heterocycles. The van der Waals surface area contributed by atoms with Crippen molar-refractivity contribution in [1.29, 1.82) is 0 Å². The van der Waals surface area contributed by atoms with Crippen LogP contribution in [-0.4, -0.2) is 0 Å². The lowest BCUT2D eigenvalue weighted by Gasteiger charge is -2.19. The molecule has 0 aliphatic heterocycles. The van der Waals surface area contributed by atoms with Crippen molar-refractivity contribution >= 4 is 0 Å². The van der Waals surface area contributed by atoms with Gasteiger partial charge in [0, 0.05) is 0 Å². The zero-order valence-corrected chi connectivity index (χ0v) is 7.36. The summed E-state index contributed by atoms with van der Waals surface area (Å²) >= 11 is 0. The molecule has 10 heavy (non-hydrogen) atoms. The lowest BCUT2D eigenvalue weighted by molar-refractivity contribution is 0.376. The highest BCUT2D eigenvalue weighted by Gasteiger charge is 2.57. The molecule has 2 rings (SSSR count). The third kappa shape index (κ3) is 0.624. The largest absolute Gasteiger partial charge is 0.0788 e. The summed E-state index contributed by atoms with van der Waals surface area (Å²) in [6.07, 6.45) is 3.87. The summed E-state index contributed by atoms with van der Waals surface area (Å²) in [5.74, 6) is 0.933. The monoisotopic (exact) mass is 136 g/mol. The minimum atomic E-state index is 0.509. The normalized spacial score (nSPS) is 38.8. The quantitative estimate of drug-likeness (QED) is 0.449. The molecule has 0 radical (unpaired) electrons. The molecular formula is C10H16. The van der Waals surface area contributed by atoms with Crippen molar-refractivity contribution in [3.8, 4) is 0 Å². The molecule has 1 saturated carbocycles. The minimum absolute atomic E-state index is 0.509. The Labute approximate surface area is 63.3 Å². The minimum Gasteiger partial charge on any atom is -0.0788 e. The predicted octanol–water partition coefficient (Wildman–Crippen LogP) is 3.00. The van der Waals surface area contributed by atoms with Crippen LogP contribution in [0.15, 0.2) is 11.6 Å². The zero-order chi connectivity index (χ0) is 7.57. The van der Waals surface area contributed by atoms with Crippen LogP contribution in [0.5, 0.6) is 0 Å². The fourth-order valence-corrected chi connectivity index (χ4v) is 2.33. The highest BCUT2D eigenvalue weighted by Crippen LogP contribution is 2.67. The Morgan fingerprint density at radius 1 is 1.30 bits per heavy atom. The van der Waals surface area contributed by atoms with Crippen LogP contribution >= 0.6 is 0 Å². The maximum Gasteiger partial charge on any atom is -0.00755 e. The summed E-state index contributed by atoms with van der Waals surface area (Å²) in [4.78, 5) is 0. The van der Waals surface area contributed by atoms with Gasteiger partial charge < -0.3 is 0 Å². The van der Waals surface area contributed by atoms with E-state index in [1.54, 1.807) is 5.57 Å². The highest BCUT2D eigenvalue weighted by atomic mass is 14.6. The first kappa shape index (κ1) is 6.45. The molecule has 0 aromatic carbocycles. The van der Waals surface area contributed by atoms with Crippen LogP contribution in [0, 0.1) is 16.7 Å². The van der Waals surface area contributed by atoms with E-state index in [-0.39, 0.29) is 0 Å². The second-order valence-electron chi connectivity index (χ2n) is 5.07. The van der Waals surface area contributed by atoms with Crippen LogP contribution < -0.4 is 0 Å². The number of hydrogen-bond acceptors (Lipinski definition) is 0. The van der Waals surface area contributed by atoms with Gasteiger partial charge in [-0.15, -0.1) is 0 Å². The molecule has 1 unspecified atom stereocenters. The average Bonchev–Trinajstić information content (AvgIpc) is 2.24. The van der Waals surface area contributed by atoms with Crippen molar-refractivity contribution < 1.29 is 0 Å². The van der Waals surface area contributed by atoms with Crippen molar-refractivity contribution in [3.05, 3.63) is 11.6 Å². The van der Waals surface area contributed by atoms with E-state index in [1.165, 1.54) is 6.42 Å². The van der Waals surface area contributed by atoms with Crippen LogP contribution in [0.1, 0.15) is 34.1 Å². The summed E-state index contributed by atoms with van der Waals surface area (Å²) in [5.41, 5.74) is 2.81. The first-order valence-corrected chi connectivity index (χ1v) is 4.17. The highest BCUT2D eigenvalue weighted by molar-refractivity contribution is 5.42. The van der Waals surface area contributed by atoms with Gasteiger partial charge >= 0.3 is 0 Å². The smallest absolute Gasteiger partial charge is 0.00755 e. The second-order valence-corrected chi connectivity index (χ2v) is 5.07. The van der Waals surface area contributed by atoms with Crippen molar-refractivity contribution in [2.45, 2.75) is 34.1 Å². The van der Waals surface area contributed by atoms with E-state index >= 15 is 0 Å². The Balaban J connectivity index is 2.28. The van der Waals surface area contributed by atoms with Crippen molar-refractivity contribution in [1.82, 2.24) is 0 Å². The van der Waals surface area contributed by atoms with Gasteiger partial charge in [0.2, 0.25) is 0 Å². The first-order valence-electron chi connectivity index (χ1n) is 4.17. The van der Waals surface area contributed by atoms with Crippen LogP contribution in [0.3, 0.4) is 0 Å². The molecule has 0 N–H and O–H groups in total. The Morgan fingerprint density at radius 2 is 1.90 bits per heavy atom. The number of rotatable bonds is 0. The molecule has 2 aliphatic rings. The van der Waals surface area contributed by atoms with Crippen LogP contribution in [0.2, 0.25) is 0 Å². The standard InChI is InChI=1S/C10H16/c1-9(2)5-7-8(6-9)10(7,3)4/h5,8H,6H2,1-4H3. The fraction of sp³-hybridized carbons (Fsp3) is 0.800. The van der Waals surface area contributed by atoms with Gasteiger partial charge in [-0.1, -0.05) is 39.3 Å². The molecule has 0 bridgehead atoms. The molecule has 1 fully saturated rings. The van der Waals surface area contributed by atoms with E-state index in [1.807, 2.05) is 0 Å². The topological polar surface area (TPSA) is 0 Å². The van der Waals surface area contributed by atoms with Gasteiger partial charge in [-0.3, -0.25) is 0 Å². The Kier molecular flexibility index (Phi) is 0.867. The lowest BCUT2D eigenvalue weighted by atomic mass is 9.86. The maximum atomic E-state index is 2.48. The summed E-state index contributed by atoms with van der Waals surface area (Å²) in [6.45, 7) is 9.39. The van der Waals surface area contributed by atoms with E-state index in [9.17, 15) is 0 Å². The van der Waals surface area contributed by atoms with E-state index in [2.05, 4.69) is 33.8 Å². The fourth-order valence-electron chi connectivity index (χ4n) is 2.33. The van der Waals surface area contributed by atoms with Gasteiger partial charge in [0.15, 0.2) is 0 Å². The van der Waals surface area contributed by atoms with E-state index in [4.69, 9.17) is 0 Å². The molecular weight excluding hydrogens is 120 g/mol. The van der Waals surface area contributed by atoms with Crippen molar-refractivity contribution in [3.63, 3.8) is 0 Å². The molecule has 56 valence electrons. The molecule has 0 heterocycles. The van der Waals surface area contributed by atoms with Crippen molar-refractivity contribution in [2.24, 2.45) is 16.7 Å². The number of hydrogen-bond donors (Lipinski definition) is 0. The number of fused-ring (bicyclic) bond motifs is 1. The zero-order valence-electron chi connectivity index (χ0n) is 7.36. The van der Waals surface area contributed by atoms with Crippen molar-refractivity contribution in [2.75, 3.05) is 0 Å². The van der Waals surface area contributed by atoms with Gasteiger partial charge in [0.25, 0.3) is 0 Å². The molecule has 0 heteroatoms. The van der Waals surface area contributed by atoms with Crippen LogP contribution in [-0.2, 0) is 0 Å². The Hall–Kier alpha value is -0.260. The first-order chi connectivity index (χ1) is 4.43. The van der Waals surface area contributed by atoms with Gasteiger partial charge in [0.05, 0.1) is 0 Å². The summed E-state index contributed by atoms with van der Waals surface area (Å²) in [5, 5.41) is 0. The molecule has 0 saturated heterocycles. The third-order valence-corrected chi connectivity index (χ3v) is 3.18. The average molecular weight is 136 g/mol. The van der Waals surface area contributed by atoms with Crippen LogP contribution in [0.25, 0.3) is 0 Å². The summed E-state index contributed by atoms with van der Waals surface area (Å²) in [7, 11) is 0. The van der Waals surface area contributed by atoms with E-state index in [0.717, 1.165) is 5.92 Å².